The summed E-state index contributed by atoms with van der Waals surface area (Å²) < 4.78 is 11.6. The minimum absolute atomic E-state index is 0.149. The van der Waals surface area contributed by atoms with Crippen molar-refractivity contribution < 1.29 is 14.3 Å². The summed E-state index contributed by atoms with van der Waals surface area (Å²) in [7, 11) is 0. The minimum atomic E-state index is -0.935. The summed E-state index contributed by atoms with van der Waals surface area (Å²) in [5, 5.41) is 8.85. The number of rotatable bonds is 10. The third-order valence-electron chi connectivity index (χ3n) is 3.70. The summed E-state index contributed by atoms with van der Waals surface area (Å²) in [6.45, 7) is 16.9. The molecule has 1 atom stereocenters. The zero-order valence-corrected chi connectivity index (χ0v) is 20.2. The molecule has 0 heterocycles. The first-order chi connectivity index (χ1) is 13.3. The van der Waals surface area contributed by atoms with E-state index >= 15 is 0 Å². The number of thioether (sulfide) groups is 1. The van der Waals surface area contributed by atoms with Crippen molar-refractivity contribution in [2.75, 3.05) is 6.61 Å². The number of hydrogen-bond donors (Lipinski definition) is 0. The van der Waals surface area contributed by atoms with Gasteiger partial charge in [-0.15, -0.1) is 16.9 Å². The van der Waals surface area contributed by atoms with Crippen LogP contribution in [-0.4, -0.2) is 28.6 Å². The summed E-state index contributed by atoms with van der Waals surface area (Å²) >= 11 is 1.81. The van der Waals surface area contributed by atoms with Crippen molar-refractivity contribution in [3.05, 3.63) is 24.3 Å². The fourth-order valence-corrected chi connectivity index (χ4v) is 3.28. The fourth-order valence-electron chi connectivity index (χ4n) is 2.30. The molecule has 0 saturated heterocycles. The molecule has 0 amide bonds. The maximum absolute atomic E-state index is 12.0. The highest BCUT2D eigenvalue weighted by Crippen LogP contribution is 2.34. The van der Waals surface area contributed by atoms with Gasteiger partial charge < -0.3 is 9.47 Å². The molecule has 0 bridgehead atoms. The quantitative estimate of drug-likeness (QED) is 0.175. The molecule has 164 valence electrons. The van der Waals surface area contributed by atoms with E-state index in [2.05, 4.69) is 37.9 Å². The number of carbonyl (C=O) groups excluding carboxylic acids is 1. The van der Waals surface area contributed by atoms with Gasteiger partial charge in [-0.2, -0.15) is 5.11 Å². The predicted octanol–water partition coefficient (Wildman–Crippen LogP) is 7.05. The number of benzene rings is 1. The Hall–Kier alpha value is -1.56. The van der Waals surface area contributed by atoms with E-state index in [-0.39, 0.29) is 22.7 Å². The van der Waals surface area contributed by atoms with Crippen LogP contribution < -0.4 is 4.74 Å². The van der Waals surface area contributed by atoms with Crippen LogP contribution in [0.25, 0.3) is 0 Å². The highest BCUT2D eigenvalue weighted by Gasteiger charge is 2.29. The van der Waals surface area contributed by atoms with E-state index in [1.165, 1.54) is 4.90 Å². The maximum Gasteiger partial charge on any atom is 0.306 e. The van der Waals surface area contributed by atoms with Crippen molar-refractivity contribution in [1.82, 2.24) is 0 Å². The van der Waals surface area contributed by atoms with Crippen LogP contribution in [0, 0.1) is 0 Å². The molecule has 0 radical (unpaired) electrons. The Morgan fingerprint density at radius 2 is 1.62 bits per heavy atom. The average molecular weight is 423 g/mol. The topological polar surface area (TPSA) is 60.2 Å². The molecule has 0 saturated carbocycles. The van der Waals surface area contributed by atoms with Crippen LogP contribution >= 0.6 is 11.8 Å². The SMILES string of the molecule is CCCCOC(=O)CCC(C)(/N=N/C(C)(C)C)Oc1ccc(SC(C)(C)C)cc1. The number of unbranched alkanes of at least 4 members (excludes halogenated alkanes) is 1. The fraction of sp³-hybridized carbons (Fsp3) is 0.696. The Labute approximate surface area is 181 Å². The van der Waals surface area contributed by atoms with Gasteiger partial charge in [0.25, 0.3) is 0 Å². The molecule has 0 fully saturated rings. The summed E-state index contributed by atoms with van der Waals surface area (Å²) in [4.78, 5) is 13.2. The van der Waals surface area contributed by atoms with Crippen molar-refractivity contribution in [1.29, 1.82) is 0 Å². The number of azo groups is 1. The van der Waals surface area contributed by atoms with Gasteiger partial charge in [0.15, 0.2) is 0 Å². The minimum Gasteiger partial charge on any atom is -0.466 e. The average Bonchev–Trinajstić information content (AvgIpc) is 2.59. The molecule has 0 aliphatic rings. The first kappa shape index (κ1) is 25.5. The van der Waals surface area contributed by atoms with Gasteiger partial charge in [0.2, 0.25) is 5.72 Å². The number of esters is 1. The van der Waals surface area contributed by atoms with Crippen LogP contribution in [0.1, 0.15) is 81.1 Å². The Bertz CT molecular complexity index is 660. The molecule has 0 aromatic heterocycles. The van der Waals surface area contributed by atoms with Crippen LogP contribution in [0.4, 0.5) is 0 Å². The van der Waals surface area contributed by atoms with E-state index in [9.17, 15) is 4.79 Å². The van der Waals surface area contributed by atoms with Crippen LogP contribution in [0.15, 0.2) is 39.4 Å². The summed E-state index contributed by atoms with van der Waals surface area (Å²) in [5.41, 5.74) is -1.25. The van der Waals surface area contributed by atoms with Gasteiger partial charge in [-0.05, 0) is 58.4 Å². The molecule has 0 N–H and O–H groups in total. The van der Waals surface area contributed by atoms with Gasteiger partial charge in [-0.25, -0.2) is 0 Å². The van der Waals surface area contributed by atoms with Crippen LogP contribution in [0.5, 0.6) is 5.75 Å². The largest absolute Gasteiger partial charge is 0.466 e. The molecule has 1 rings (SSSR count). The summed E-state index contributed by atoms with van der Waals surface area (Å²) in [6, 6.07) is 7.98. The second-order valence-electron chi connectivity index (χ2n) is 9.41. The van der Waals surface area contributed by atoms with E-state index in [0.717, 1.165) is 12.8 Å². The molecule has 1 aromatic rings. The van der Waals surface area contributed by atoms with Gasteiger partial charge in [0, 0.05) is 16.1 Å². The van der Waals surface area contributed by atoms with Crippen molar-refractivity contribution in [2.45, 2.75) is 102 Å². The van der Waals surface area contributed by atoms with Gasteiger partial charge >= 0.3 is 5.97 Å². The molecule has 0 spiro atoms. The Balaban J connectivity index is 2.86. The van der Waals surface area contributed by atoms with E-state index in [4.69, 9.17) is 9.47 Å². The Morgan fingerprint density at radius 1 is 1.00 bits per heavy atom. The van der Waals surface area contributed by atoms with Crippen molar-refractivity contribution in [3.63, 3.8) is 0 Å². The van der Waals surface area contributed by atoms with Gasteiger partial charge in [-0.1, -0.05) is 34.1 Å². The first-order valence-electron chi connectivity index (χ1n) is 10.4. The van der Waals surface area contributed by atoms with Gasteiger partial charge in [-0.3, -0.25) is 4.79 Å². The smallest absolute Gasteiger partial charge is 0.306 e. The summed E-state index contributed by atoms with van der Waals surface area (Å²) in [5.74, 6) is 0.481. The standard InChI is InChI=1S/C23H38N2O3S/c1-9-10-17-27-20(26)15-16-23(8,25-24-21(2,3)4)28-18-11-13-19(14-12-18)29-22(5,6)7/h11-14H,9-10,15-17H2,1-8H3/b25-24+. The Kier molecular flexibility index (Phi) is 9.66. The zero-order chi connectivity index (χ0) is 22.1. The first-order valence-corrected chi connectivity index (χ1v) is 11.2. The monoisotopic (exact) mass is 422 g/mol. The van der Waals surface area contributed by atoms with E-state index in [1.54, 1.807) is 11.8 Å². The molecule has 1 unspecified atom stereocenters. The number of ether oxygens (including phenoxy) is 2. The van der Waals surface area contributed by atoms with Crippen molar-refractivity contribution >= 4 is 17.7 Å². The normalized spacial score (nSPS) is 14.6. The molecule has 5 nitrogen and oxygen atoms in total. The lowest BCUT2D eigenvalue weighted by Crippen LogP contribution is -2.31. The molecule has 0 aliphatic carbocycles. The number of carbonyl (C=O) groups is 1. The lowest BCUT2D eigenvalue weighted by atomic mass is 10.1. The van der Waals surface area contributed by atoms with Gasteiger partial charge in [0.1, 0.15) is 5.75 Å². The second kappa shape index (κ2) is 11.0. The third kappa shape index (κ3) is 11.9. The second-order valence-corrected chi connectivity index (χ2v) is 11.3. The molecular weight excluding hydrogens is 384 g/mol. The van der Waals surface area contributed by atoms with E-state index < -0.39 is 5.72 Å². The highest BCUT2D eigenvalue weighted by molar-refractivity contribution is 8.00. The number of nitrogens with zero attached hydrogens (tertiary/aromatic N) is 2. The Morgan fingerprint density at radius 3 is 2.14 bits per heavy atom. The zero-order valence-electron chi connectivity index (χ0n) is 19.4. The third-order valence-corrected chi connectivity index (χ3v) is 4.82. The van der Waals surface area contributed by atoms with Crippen molar-refractivity contribution in [3.8, 4) is 5.75 Å². The summed E-state index contributed by atoms with van der Waals surface area (Å²) in [6.07, 6.45) is 2.51. The molecule has 6 heteroatoms. The molecule has 29 heavy (non-hydrogen) atoms. The van der Waals surface area contributed by atoms with Crippen LogP contribution in [-0.2, 0) is 9.53 Å². The van der Waals surface area contributed by atoms with Crippen molar-refractivity contribution in [2.24, 2.45) is 10.2 Å². The lowest BCUT2D eigenvalue weighted by Gasteiger charge is -2.27. The maximum atomic E-state index is 12.0. The molecule has 1 aromatic carbocycles. The predicted molar refractivity (Wildman–Crippen MR) is 121 cm³/mol. The van der Waals surface area contributed by atoms with E-state index in [0.29, 0.717) is 18.8 Å². The van der Waals surface area contributed by atoms with E-state index in [1.807, 2.05) is 52.0 Å². The van der Waals surface area contributed by atoms with Crippen LogP contribution in [0.2, 0.25) is 0 Å². The number of hydrogen-bond acceptors (Lipinski definition) is 6. The van der Waals surface area contributed by atoms with Crippen LogP contribution in [0.3, 0.4) is 0 Å². The molecular formula is C23H38N2O3S. The highest BCUT2D eigenvalue weighted by atomic mass is 32.2. The molecule has 0 aliphatic heterocycles. The lowest BCUT2D eigenvalue weighted by molar-refractivity contribution is -0.144. The van der Waals surface area contributed by atoms with Gasteiger partial charge in [0.05, 0.1) is 18.6 Å².